The van der Waals surface area contributed by atoms with Gasteiger partial charge in [-0.3, -0.25) is 0 Å². The van der Waals surface area contributed by atoms with Crippen LogP contribution >= 0.6 is 0 Å². The predicted molar refractivity (Wildman–Crippen MR) is 55.3 cm³/mol. The van der Waals surface area contributed by atoms with Gasteiger partial charge in [0.2, 0.25) is 0 Å². The summed E-state index contributed by atoms with van der Waals surface area (Å²) in [7, 11) is 0. The third kappa shape index (κ3) is 3.34. The lowest BCUT2D eigenvalue weighted by atomic mass is 10.1. The first-order valence-electron chi connectivity index (χ1n) is 5.13. The zero-order valence-electron chi connectivity index (χ0n) is 9.55. The van der Waals surface area contributed by atoms with E-state index in [4.69, 9.17) is 10.5 Å². The van der Waals surface area contributed by atoms with E-state index in [2.05, 4.69) is 0 Å². The summed E-state index contributed by atoms with van der Waals surface area (Å²) in [5, 5.41) is 0. The fourth-order valence-electron chi connectivity index (χ4n) is 1.48. The third-order valence-electron chi connectivity index (χ3n) is 2.32. The minimum atomic E-state index is -1.43. The van der Waals surface area contributed by atoms with E-state index in [1.54, 1.807) is 20.8 Å². The molecule has 1 saturated heterocycles. The summed E-state index contributed by atoms with van der Waals surface area (Å²) in [6, 6.07) is 0. The van der Waals surface area contributed by atoms with Gasteiger partial charge in [-0.1, -0.05) is 0 Å². The van der Waals surface area contributed by atoms with Crippen LogP contribution in [0.2, 0.25) is 0 Å². The molecule has 0 radical (unpaired) electrons. The van der Waals surface area contributed by atoms with Crippen LogP contribution in [0.1, 0.15) is 27.2 Å². The van der Waals surface area contributed by atoms with Crippen LogP contribution in [0, 0.1) is 0 Å². The van der Waals surface area contributed by atoms with Crippen LogP contribution in [-0.2, 0) is 4.74 Å². The normalized spacial score (nSPS) is 26.9. The Balaban J connectivity index is 2.51. The summed E-state index contributed by atoms with van der Waals surface area (Å²) in [4.78, 5) is 12.9. The van der Waals surface area contributed by atoms with Gasteiger partial charge in [-0.2, -0.15) is 0 Å². The minimum Gasteiger partial charge on any atom is -0.444 e. The largest absolute Gasteiger partial charge is 0.444 e. The number of carbonyl (C=O) groups excluding carboxylic acids is 1. The maximum absolute atomic E-state index is 13.7. The highest BCUT2D eigenvalue weighted by Crippen LogP contribution is 2.25. The fourth-order valence-corrected chi connectivity index (χ4v) is 1.48. The molecule has 4 nitrogen and oxygen atoms in total. The zero-order valence-corrected chi connectivity index (χ0v) is 9.55. The molecule has 0 aromatic heterocycles. The molecule has 5 heteroatoms. The van der Waals surface area contributed by atoms with Crippen LogP contribution in [0.25, 0.3) is 0 Å². The molecule has 0 saturated carbocycles. The van der Waals surface area contributed by atoms with Crippen molar-refractivity contribution in [1.29, 1.82) is 0 Å². The average molecular weight is 218 g/mol. The Morgan fingerprint density at radius 3 is 2.60 bits per heavy atom. The molecule has 0 bridgehead atoms. The van der Waals surface area contributed by atoms with Crippen LogP contribution in [0.4, 0.5) is 9.18 Å². The van der Waals surface area contributed by atoms with Gasteiger partial charge in [0, 0.05) is 19.5 Å². The molecule has 1 atom stereocenters. The van der Waals surface area contributed by atoms with Gasteiger partial charge in [0.1, 0.15) is 11.3 Å². The van der Waals surface area contributed by atoms with Gasteiger partial charge in [0.05, 0.1) is 6.54 Å². The molecule has 2 N–H and O–H groups in total. The van der Waals surface area contributed by atoms with Gasteiger partial charge in [0.15, 0.2) is 0 Å². The SMILES string of the molecule is CC(C)(C)OC(=O)N1CC[C@](F)(CN)C1. The highest BCUT2D eigenvalue weighted by molar-refractivity contribution is 5.68. The van der Waals surface area contributed by atoms with Crippen LogP contribution in [0.5, 0.6) is 0 Å². The fraction of sp³-hybridized carbons (Fsp3) is 0.900. The molecule has 1 amide bonds. The van der Waals surface area contributed by atoms with Gasteiger partial charge in [0.25, 0.3) is 0 Å². The van der Waals surface area contributed by atoms with Crippen molar-refractivity contribution >= 4 is 6.09 Å². The first-order chi connectivity index (χ1) is 6.76. The Labute approximate surface area is 89.6 Å². The minimum absolute atomic E-state index is 0.0401. The summed E-state index contributed by atoms with van der Waals surface area (Å²) in [6.45, 7) is 5.72. The van der Waals surface area contributed by atoms with Crippen molar-refractivity contribution < 1.29 is 13.9 Å². The number of likely N-dealkylation sites (tertiary alicyclic amines) is 1. The molecule has 1 heterocycles. The van der Waals surface area contributed by atoms with Gasteiger partial charge in [-0.25, -0.2) is 9.18 Å². The number of rotatable bonds is 1. The lowest BCUT2D eigenvalue weighted by molar-refractivity contribution is 0.0261. The van der Waals surface area contributed by atoms with E-state index < -0.39 is 17.4 Å². The van der Waals surface area contributed by atoms with Crippen molar-refractivity contribution in [3.05, 3.63) is 0 Å². The molecule has 1 rings (SSSR count). The van der Waals surface area contributed by atoms with E-state index in [0.717, 1.165) is 0 Å². The Bertz CT molecular complexity index is 252. The van der Waals surface area contributed by atoms with E-state index in [-0.39, 0.29) is 13.1 Å². The zero-order chi connectivity index (χ0) is 11.7. The van der Waals surface area contributed by atoms with Crippen molar-refractivity contribution in [2.75, 3.05) is 19.6 Å². The van der Waals surface area contributed by atoms with E-state index in [9.17, 15) is 9.18 Å². The lowest BCUT2D eigenvalue weighted by Crippen LogP contribution is -2.40. The molecule has 0 spiro atoms. The second-order valence-corrected chi connectivity index (χ2v) is 5.01. The van der Waals surface area contributed by atoms with Crippen LogP contribution in [-0.4, -0.2) is 41.9 Å². The summed E-state index contributed by atoms with van der Waals surface area (Å²) in [5.74, 6) is 0. The van der Waals surface area contributed by atoms with E-state index >= 15 is 0 Å². The topological polar surface area (TPSA) is 55.6 Å². The number of amides is 1. The maximum Gasteiger partial charge on any atom is 0.410 e. The molecular formula is C10H19FN2O2. The van der Waals surface area contributed by atoms with Gasteiger partial charge in [-0.05, 0) is 20.8 Å². The van der Waals surface area contributed by atoms with Crippen molar-refractivity contribution in [3.8, 4) is 0 Å². The molecule has 0 aliphatic carbocycles. The van der Waals surface area contributed by atoms with E-state index in [1.165, 1.54) is 4.90 Å². The Hall–Kier alpha value is -0.840. The van der Waals surface area contributed by atoms with Gasteiger partial charge < -0.3 is 15.4 Å². The number of hydrogen-bond acceptors (Lipinski definition) is 3. The summed E-state index contributed by atoms with van der Waals surface area (Å²) < 4.78 is 18.8. The lowest BCUT2D eigenvalue weighted by Gasteiger charge is -2.25. The Kier molecular flexibility index (Phi) is 3.23. The number of ether oxygens (including phenoxy) is 1. The van der Waals surface area contributed by atoms with Gasteiger partial charge in [-0.15, -0.1) is 0 Å². The molecule has 0 aromatic rings. The number of carbonyl (C=O) groups is 1. The average Bonchev–Trinajstić information content (AvgIpc) is 2.46. The monoisotopic (exact) mass is 218 g/mol. The third-order valence-corrected chi connectivity index (χ3v) is 2.32. The first-order valence-corrected chi connectivity index (χ1v) is 5.13. The number of halogens is 1. The predicted octanol–water partition coefficient (Wildman–Crippen LogP) is 1.29. The molecule has 0 unspecified atom stereocenters. The second kappa shape index (κ2) is 3.96. The number of nitrogens with two attached hydrogens (primary N) is 1. The van der Waals surface area contributed by atoms with Crippen molar-refractivity contribution in [1.82, 2.24) is 4.90 Å². The number of hydrogen-bond donors (Lipinski definition) is 1. The molecule has 1 aliphatic rings. The standard InChI is InChI=1S/C10H19FN2O2/c1-9(2,3)15-8(14)13-5-4-10(11,6-12)7-13/h4-7,12H2,1-3H3/t10-/m0/s1. The van der Waals surface area contributed by atoms with Crippen LogP contribution < -0.4 is 5.73 Å². The molecule has 88 valence electrons. The van der Waals surface area contributed by atoms with Crippen molar-refractivity contribution in [2.24, 2.45) is 5.73 Å². The highest BCUT2D eigenvalue weighted by atomic mass is 19.1. The molecule has 15 heavy (non-hydrogen) atoms. The second-order valence-electron chi connectivity index (χ2n) is 5.01. The molecule has 0 aromatic carbocycles. The maximum atomic E-state index is 13.7. The van der Waals surface area contributed by atoms with Gasteiger partial charge >= 0.3 is 6.09 Å². The number of alkyl halides is 1. The van der Waals surface area contributed by atoms with Crippen molar-refractivity contribution in [3.63, 3.8) is 0 Å². The quantitative estimate of drug-likeness (QED) is 0.721. The molecule has 1 fully saturated rings. The molecule has 1 aliphatic heterocycles. The van der Waals surface area contributed by atoms with Crippen molar-refractivity contribution in [2.45, 2.75) is 38.5 Å². The van der Waals surface area contributed by atoms with Crippen LogP contribution in [0.15, 0.2) is 0 Å². The smallest absolute Gasteiger partial charge is 0.410 e. The molecular weight excluding hydrogens is 199 g/mol. The number of nitrogens with zero attached hydrogens (tertiary/aromatic N) is 1. The summed E-state index contributed by atoms with van der Waals surface area (Å²) in [5.41, 5.74) is 3.33. The Morgan fingerprint density at radius 2 is 2.20 bits per heavy atom. The summed E-state index contributed by atoms with van der Waals surface area (Å²) >= 11 is 0. The highest BCUT2D eigenvalue weighted by Gasteiger charge is 2.40. The first kappa shape index (κ1) is 12.2. The summed E-state index contributed by atoms with van der Waals surface area (Å²) in [6.07, 6.45) is -0.168. The van der Waals surface area contributed by atoms with E-state index in [0.29, 0.717) is 13.0 Å². The Morgan fingerprint density at radius 1 is 1.60 bits per heavy atom. The van der Waals surface area contributed by atoms with Crippen LogP contribution in [0.3, 0.4) is 0 Å². The van der Waals surface area contributed by atoms with E-state index in [1.807, 2.05) is 0 Å².